The zero-order chi connectivity index (χ0) is 10.8. The predicted molar refractivity (Wildman–Crippen MR) is 51.7 cm³/mol. The van der Waals surface area contributed by atoms with Gasteiger partial charge in [0.1, 0.15) is 5.82 Å². The van der Waals surface area contributed by atoms with Crippen LogP contribution in [0.4, 0.5) is 4.39 Å². The van der Waals surface area contributed by atoms with Crippen LogP contribution >= 0.6 is 0 Å². The predicted octanol–water partition coefficient (Wildman–Crippen LogP) is 2.58. The van der Waals surface area contributed by atoms with Crippen molar-refractivity contribution in [2.24, 2.45) is 0 Å². The molecule has 0 heterocycles. The summed E-state index contributed by atoms with van der Waals surface area (Å²) in [5.74, 6) is -1.15. The highest BCUT2D eigenvalue weighted by atomic mass is 19.1. The first kappa shape index (κ1) is 10.7. The van der Waals surface area contributed by atoms with Crippen LogP contribution in [0.15, 0.2) is 24.3 Å². The van der Waals surface area contributed by atoms with Gasteiger partial charge in [-0.3, -0.25) is 4.79 Å². The second kappa shape index (κ2) is 3.78. The van der Waals surface area contributed by atoms with Gasteiger partial charge < -0.3 is 5.11 Å². The van der Waals surface area contributed by atoms with Gasteiger partial charge in [0.05, 0.1) is 6.42 Å². The minimum Gasteiger partial charge on any atom is -0.481 e. The van der Waals surface area contributed by atoms with Gasteiger partial charge in [-0.05, 0) is 17.7 Å². The Balaban J connectivity index is 2.91. The maximum absolute atomic E-state index is 12.6. The summed E-state index contributed by atoms with van der Waals surface area (Å²) >= 11 is 0. The van der Waals surface area contributed by atoms with Crippen LogP contribution in [0.5, 0.6) is 0 Å². The van der Waals surface area contributed by atoms with Crippen LogP contribution in [0.1, 0.15) is 25.8 Å². The number of hydrogen-bond donors (Lipinski definition) is 1. The fourth-order valence-corrected chi connectivity index (χ4v) is 1.38. The standard InChI is InChI=1S/C11H13FO2/c1-11(2,7-10(13)14)8-3-5-9(12)6-4-8/h3-6H,7H2,1-2H3,(H,13,14). The number of carboxylic acid groups (broad SMARTS) is 1. The lowest BCUT2D eigenvalue weighted by atomic mass is 9.82. The molecule has 0 fully saturated rings. The normalized spacial score (nSPS) is 11.4. The molecule has 2 nitrogen and oxygen atoms in total. The molecule has 0 saturated carbocycles. The van der Waals surface area contributed by atoms with E-state index in [1.165, 1.54) is 12.1 Å². The van der Waals surface area contributed by atoms with Crippen LogP contribution in [-0.4, -0.2) is 11.1 Å². The molecule has 0 amide bonds. The zero-order valence-electron chi connectivity index (χ0n) is 8.25. The third-order valence-corrected chi connectivity index (χ3v) is 2.22. The Kier molecular flexibility index (Phi) is 2.89. The Morgan fingerprint density at radius 3 is 2.29 bits per heavy atom. The molecule has 76 valence electrons. The van der Waals surface area contributed by atoms with Gasteiger partial charge in [0, 0.05) is 5.41 Å². The van der Waals surface area contributed by atoms with Crippen LogP contribution < -0.4 is 0 Å². The smallest absolute Gasteiger partial charge is 0.304 e. The first-order valence-corrected chi connectivity index (χ1v) is 4.40. The molecule has 0 radical (unpaired) electrons. The van der Waals surface area contributed by atoms with Gasteiger partial charge in [-0.15, -0.1) is 0 Å². The summed E-state index contributed by atoms with van der Waals surface area (Å²) in [7, 11) is 0. The molecule has 14 heavy (non-hydrogen) atoms. The van der Waals surface area contributed by atoms with E-state index in [1.54, 1.807) is 12.1 Å². The van der Waals surface area contributed by atoms with Gasteiger partial charge in [-0.25, -0.2) is 4.39 Å². The van der Waals surface area contributed by atoms with Crippen LogP contribution in [0.2, 0.25) is 0 Å². The van der Waals surface area contributed by atoms with E-state index in [0.717, 1.165) is 5.56 Å². The second-order valence-corrected chi connectivity index (χ2v) is 3.96. The lowest BCUT2D eigenvalue weighted by Gasteiger charge is -2.22. The fourth-order valence-electron chi connectivity index (χ4n) is 1.38. The summed E-state index contributed by atoms with van der Waals surface area (Å²) in [6.45, 7) is 3.66. The summed E-state index contributed by atoms with van der Waals surface area (Å²) < 4.78 is 12.6. The summed E-state index contributed by atoms with van der Waals surface area (Å²) in [6.07, 6.45) is 0.0403. The molecule has 0 spiro atoms. The monoisotopic (exact) mass is 196 g/mol. The second-order valence-electron chi connectivity index (χ2n) is 3.96. The van der Waals surface area contributed by atoms with E-state index in [-0.39, 0.29) is 12.2 Å². The molecule has 3 heteroatoms. The molecule has 0 atom stereocenters. The molecule has 0 bridgehead atoms. The van der Waals surface area contributed by atoms with Crippen molar-refractivity contribution in [2.75, 3.05) is 0 Å². The van der Waals surface area contributed by atoms with Gasteiger partial charge in [-0.1, -0.05) is 26.0 Å². The Labute approximate surface area is 82.4 Å². The van der Waals surface area contributed by atoms with Crippen molar-refractivity contribution in [3.63, 3.8) is 0 Å². The van der Waals surface area contributed by atoms with Crippen molar-refractivity contribution in [2.45, 2.75) is 25.7 Å². The highest BCUT2D eigenvalue weighted by molar-refractivity contribution is 5.68. The number of benzene rings is 1. The van der Waals surface area contributed by atoms with Crippen molar-refractivity contribution in [1.82, 2.24) is 0 Å². The summed E-state index contributed by atoms with van der Waals surface area (Å²) in [4.78, 5) is 10.6. The van der Waals surface area contributed by atoms with Gasteiger partial charge in [0.2, 0.25) is 0 Å². The number of aliphatic carboxylic acids is 1. The molecule has 1 rings (SSSR count). The maximum atomic E-state index is 12.6. The average Bonchev–Trinajstić information content (AvgIpc) is 2.02. The lowest BCUT2D eigenvalue weighted by Crippen LogP contribution is -2.21. The molecule has 1 aromatic rings. The highest BCUT2D eigenvalue weighted by Gasteiger charge is 2.23. The molecule has 0 aromatic heterocycles. The Morgan fingerprint density at radius 2 is 1.86 bits per heavy atom. The summed E-state index contributed by atoms with van der Waals surface area (Å²) in [5.41, 5.74) is 0.376. The van der Waals surface area contributed by atoms with Gasteiger partial charge in [0.25, 0.3) is 0 Å². The first-order chi connectivity index (χ1) is 6.42. The topological polar surface area (TPSA) is 37.3 Å². The van der Waals surface area contributed by atoms with E-state index in [2.05, 4.69) is 0 Å². The van der Waals surface area contributed by atoms with Crippen molar-refractivity contribution >= 4 is 5.97 Å². The highest BCUT2D eigenvalue weighted by Crippen LogP contribution is 2.26. The van der Waals surface area contributed by atoms with Gasteiger partial charge in [0.15, 0.2) is 0 Å². The Bertz CT molecular complexity index is 328. The van der Waals surface area contributed by atoms with Crippen LogP contribution in [0.3, 0.4) is 0 Å². The molecule has 1 aromatic carbocycles. The van der Waals surface area contributed by atoms with Crippen molar-refractivity contribution in [3.05, 3.63) is 35.6 Å². The van der Waals surface area contributed by atoms with Crippen LogP contribution in [0, 0.1) is 5.82 Å². The molecule has 0 unspecified atom stereocenters. The number of rotatable bonds is 3. The minimum absolute atomic E-state index is 0.0403. The van der Waals surface area contributed by atoms with Gasteiger partial charge in [-0.2, -0.15) is 0 Å². The van der Waals surface area contributed by atoms with Gasteiger partial charge >= 0.3 is 5.97 Å². The number of halogens is 1. The molecule has 1 N–H and O–H groups in total. The van der Waals surface area contributed by atoms with E-state index in [9.17, 15) is 9.18 Å². The molecule has 0 aliphatic rings. The van der Waals surface area contributed by atoms with Crippen LogP contribution in [0.25, 0.3) is 0 Å². The number of hydrogen-bond acceptors (Lipinski definition) is 1. The molecular formula is C11H13FO2. The quantitative estimate of drug-likeness (QED) is 0.806. The van der Waals surface area contributed by atoms with Crippen LogP contribution in [-0.2, 0) is 10.2 Å². The SMILES string of the molecule is CC(C)(CC(=O)O)c1ccc(F)cc1. The van der Waals surface area contributed by atoms with Crippen molar-refractivity contribution in [3.8, 4) is 0 Å². The van der Waals surface area contributed by atoms with Crippen molar-refractivity contribution in [1.29, 1.82) is 0 Å². The number of carboxylic acids is 1. The lowest BCUT2D eigenvalue weighted by molar-refractivity contribution is -0.138. The largest absolute Gasteiger partial charge is 0.481 e. The first-order valence-electron chi connectivity index (χ1n) is 4.40. The van der Waals surface area contributed by atoms with E-state index >= 15 is 0 Å². The Hall–Kier alpha value is -1.38. The van der Waals surface area contributed by atoms with Crippen molar-refractivity contribution < 1.29 is 14.3 Å². The third-order valence-electron chi connectivity index (χ3n) is 2.22. The average molecular weight is 196 g/mol. The van der Waals surface area contributed by atoms with E-state index in [4.69, 9.17) is 5.11 Å². The molecule has 0 saturated heterocycles. The molecular weight excluding hydrogens is 183 g/mol. The molecule has 0 aliphatic heterocycles. The van der Waals surface area contributed by atoms with E-state index in [0.29, 0.717) is 0 Å². The summed E-state index contributed by atoms with van der Waals surface area (Å²) in [5, 5.41) is 8.69. The maximum Gasteiger partial charge on any atom is 0.304 e. The van der Waals surface area contributed by atoms with E-state index in [1.807, 2.05) is 13.8 Å². The third kappa shape index (κ3) is 2.55. The fraction of sp³-hybridized carbons (Fsp3) is 0.364. The Morgan fingerprint density at radius 1 is 1.36 bits per heavy atom. The number of carbonyl (C=O) groups is 1. The minimum atomic E-state index is -0.848. The van der Waals surface area contributed by atoms with E-state index < -0.39 is 11.4 Å². The summed E-state index contributed by atoms with van der Waals surface area (Å²) in [6, 6.07) is 5.94. The zero-order valence-corrected chi connectivity index (χ0v) is 8.25. The molecule has 0 aliphatic carbocycles.